The molecule has 124 valence electrons. The molecule has 2 heterocycles. The van der Waals surface area contributed by atoms with Crippen LogP contribution in [0.5, 0.6) is 0 Å². The smallest absolute Gasteiger partial charge is 0.351 e. The minimum atomic E-state index is -0.852. The van der Waals surface area contributed by atoms with Gasteiger partial charge in [-0.05, 0) is 6.07 Å². The summed E-state index contributed by atoms with van der Waals surface area (Å²) in [5, 5.41) is 22.2. The highest BCUT2D eigenvalue weighted by atomic mass is 32.2. The molecule has 8 heteroatoms. The minimum Gasteiger partial charge on any atom is -0.394 e. The van der Waals surface area contributed by atoms with Crippen LogP contribution in [-0.2, 0) is 4.74 Å². The lowest BCUT2D eigenvalue weighted by Crippen LogP contribution is -2.36. The number of nitrogens with one attached hydrogen (secondary N) is 1. The molecule has 0 saturated carbocycles. The molecular formula is C14H23N3O4S. The molecule has 3 N–H and O–H groups in total. The zero-order valence-electron chi connectivity index (χ0n) is 13.2. The van der Waals surface area contributed by atoms with Crippen LogP contribution in [0.15, 0.2) is 17.1 Å². The average Bonchev–Trinajstić information content (AvgIpc) is 2.74. The van der Waals surface area contributed by atoms with Crippen LogP contribution in [0.25, 0.3) is 0 Å². The molecule has 1 aromatic heterocycles. The van der Waals surface area contributed by atoms with Gasteiger partial charge in [-0.1, -0.05) is 20.8 Å². The zero-order chi connectivity index (χ0) is 16.5. The number of thioether (sulfide) groups is 1. The molecule has 22 heavy (non-hydrogen) atoms. The third-order valence-electron chi connectivity index (χ3n) is 3.34. The quantitative estimate of drug-likeness (QED) is 0.737. The third kappa shape index (κ3) is 3.62. The lowest BCUT2D eigenvalue weighted by molar-refractivity contribution is -0.0456. The van der Waals surface area contributed by atoms with E-state index in [1.165, 1.54) is 16.3 Å². The molecule has 1 saturated heterocycles. The van der Waals surface area contributed by atoms with Crippen LogP contribution in [0, 0.1) is 0 Å². The summed E-state index contributed by atoms with van der Waals surface area (Å²) >= 11 is 1.52. The number of nitrogens with zero attached hydrogens (tertiary/aromatic N) is 2. The maximum atomic E-state index is 12.2. The Morgan fingerprint density at radius 3 is 2.68 bits per heavy atom. The molecule has 0 unspecified atom stereocenters. The van der Waals surface area contributed by atoms with E-state index in [2.05, 4.69) is 10.3 Å². The lowest BCUT2D eigenvalue weighted by Gasteiger charge is -2.28. The molecule has 0 aliphatic carbocycles. The molecule has 0 aromatic carbocycles. The van der Waals surface area contributed by atoms with Gasteiger partial charge in [0.25, 0.3) is 0 Å². The van der Waals surface area contributed by atoms with E-state index in [4.69, 9.17) is 4.74 Å². The van der Waals surface area contributed by atoms with Crippen molar-refractivity contribution in [1.29, 1.82) is 0 Å². The summed E-state index contributed by atoms with van der Waals surface area (Å²) in [6, 6.07) is 1.67. The van der Waals surface area contributed by atoms with Crippen LogP contribution in [0.1, 0.15) is 27.0 Å². The van der Waals surface area contributed by atoms with Crippen molar-refractivity contribution in [3.8, 4) is 0 Å². The first kappa shape index (κ1) is 17.3. The maximum Gasteiger partial charge on any atom is 0.351 e. The van der Waals surface area contributed by atoms with Crippen LogP contribution in [0.3, 0.4) is 0 Å². The molecule has 1 aliphatic rings. The zero-order valence-corrected chi connectivity index (χ0v) is 14.0. The highest BCUT2D eigenvalue weighted by Gasteiger charge is 2.46. The van der Waals surface area contributed by atoms with Crippen molar-refractivity contribution < 1.29 is 14.9 Å². The second kappa shape index (κ2) is 6.57. The second-order valence-corrected chi connectivity index (χ2v) is 8.19. The Bertz CT molecular complexity index is 572. The van der Waals surface area contributed by atoms with Crippen LogP contribution in [0.4, 0.5) is 5.82 Å². The number of aliphatic hydroxyl groups is 2. The molecule has 1 aromatic rings. The van der Waals surface area contributed by atoms with Crippen LogP contribution in [0.2, 0.25) is 0 Å². The van der Waals surface area contributed by atoms with Crippen molar-refractivity contribution in [3.63, 3.8) is 0 Å². The number of aromatic nitrogens is 2. The SMILES string of the molecule is CNc1ccn([C@H]2O[C@@H](CO)[C@@H](O)[C@@H]2SC(C)(C)C)c(=O)n1. The number of rotatable bonds is 4. The number of hydrogen-bond acceptors (Lipinski definition) is 7. The monoisotopic (exact) mass is 329 g/mol. The van der Waals surface area contributed by atoms with Gasteiger partial charge < -0.3 is 20.3 Å². The maximum absolute atomic E-state index is 12.2. The van der Waals surface area contributed by atoms with E-state index < -0.39 is 24.1 Å². The van der Waals surface area contributed by atoms with Gasteiger partial charge in [0.1, 0.15) is 11.9 Å². The number of aliphatic hydroxyl groups excluding tert-OH is 2. The Labute approximate surface area is 133 Å². The molecule has 7 nitrogen and oxygen atoms in total. The predicted molar refractivity (Wildman–Crippen MR) is 86.2 cm³/mol. The molecule has 0 radical (unpaired) electrons. The number of hydrogen-bond donors (Lipinski definition) is 3. The molecule has 2 rings (SSSR count). The Morgan fingerprint density at radius 1 is 1.50 bits per heavy atom. The van der Waals surface area contributed by atoms with Crippen LogP contribution < -0.4 is 11.0 Å². The largest absolute Gasteiger partial charge is 0.394 e. The van der Waals surface area contributed by atoms with Crippen molar-refractivity contribution in [2.45, 2.75) is 49.2 Å². The van der Waals surface area contributed by atoms with Gasteiger partial charge in [0, 0.05) is 18.0 Å². The minimum absolute atomic E-state index is 0.125. The summed E-state index contributed by atoms with van der Waals surface area (Å²) in [5.74, 6) is 0.471. The van der Waals surface area contributed by atoms with Gasteiger partial charge in [-0.3, -0.25) is 4.57 Å². The van der Waals surface area contributed by atoms with E-state index in [0.717, 1.165) is 0 Å². The van der Waals surface area contributed by atoms with Crippen molar-refractivity contribution in [1.82, 2.24) is 9.55 Å². The Hall–Kier alpha value is -1.09. The van der Waals surface area contributed by atoms with Crippen molar-refractivity contribution in [2.75, 3.05) is 19.0 Å². The summed E-state index contributed by atoms with van der Waals surface area (Å²) < 4.78 is 6.94. The summed E-state index contributed by atoms with van der Waals surface area (Å²) in [6.07, 6.45) is -0.632. The van der Waals surface area contributed by atoms with Gasteiger partial charge >= 0.3 is 5.69 Å². The van der Waals surface area contributed by atoms with Gasteiger partial charge in [-0.15, -0.1) is 11.8 Å². The van der Waals surface area contributed by atoms with Crippen LogP contribution in [-0.4, -0.2) is 55.6 Å². The standard InChI is InChI=1S/C14H23N3O4S/c1-14(2,3)22-11-10(19)8(7-18)21-12(11)17-6-5-9(15-4)16-13(17)20/h5-6,8,10-12,18-19H,7H2,1-4H3,(H,15,16,20)/t8-,10+,11-,12-/m0/s1. The fourth-order valence-electron chi connectivity index (χ4n) is 2.37. The van der Waals surface area contributed by atoms with Crippen molar-refractivity contribution in [3.05, 3.63) is 22.7 Å². The van der Waals surface area contributed by atoms with E-state index in [-0.39, 0.29) is 16.6 Å². The van der Waals surface area contributed by atoms with Gasteiger partial charge in [-0.25, -0.2) is 4.79 Å². The van der Waals surface area contributed by atoms with E-state index in [1.807, 2.05) is 20.8 Å². The summed E-state index contributed by atoms with van der Waals surface area (Å²) in [6.45, 7) is 5.78. The molecule has 0 amide bonds. The first-order valence-corrected chi connectivity index (χ1v) is 8.04. The third-order valence-corrected chi connectivity index (χ3v) is 4.83. The Kier molecular flexibility index (Phi) is 5.16. The Morgan fingerprint density at radius 2 is 2.18 bits per heavy atom. The molecule has 1 aliphatic heterocycles. The second-order valence-electron chi connectivity index (χ2n) is 6.19. The number of ether oxygens (including phenoxy) is 1. The Balaban J connectivity index is 2.36. The van der Waals surface area contributed by atoms with E-state index in [0.29, 0.717) is 5.82 Å². The van der Waals surface area contributed by atoms with Crippen LogP contribution >= 0.6 is 11.8 Å². The van der Waals surface area contributed by atoms with Crippen molar-refractivity contribution >= 4 is 17.6 Å². The summed E-state index contributed by atoms with van der Waals surface area (Å²) in [5.41, 5.74) is -0.456. The van der Waals surface area contributed by atoms with Gasteiger partial charge in [0.15, 0.2) is 6.23 Å². The summed E-state index contributed by atoms with van der Waals surface area (Å²) in [7, 11) is 1.68. The predicted octanol–water partition coefficient (Wildman–Crippen LogP) is 0.436. The fourth-order valence-corrected chi connectivity index (χ4v) is 3.82. The van der Waals surface area contributed by atoms with Gasteiger partial charge in [-0.2, -0.15) is 4.98 Å². The summed E-state index contributed by atoms with van der Waals surface area (Å²) in [4.78, 5) is 16.1. The fraction of sp³-hybridized carbons (Fsp3) is 0.714. The molecular weight excluding hydrogens is 306 g/mol. The molecule has 4 atom stereocenters. The van der Waals surface area contributed by atoms with Gasteiger partial charge in [0.2, 0.25) is 0 Å². The number of anilines is 1. The lowest BCUT2D eigenvalue weighted by atomic mass is 10.2. The molecule has 1 fully saturated rings. The molecule has 0 spiro atoms. The highest BCUT2D eigenvalue weighted by Crippen LogP contribution is 2.42. The van der Waals surface area contributed by atoms with Gasteiger partial charge in [0.05, 0.1) is 18.0 Å². The van der Waals surface area contributed by atoms with E-state index >= 15 is 0 Å². The van der Waals surface area contributed by atoms with Crippen molar-refractivity contribution in [2.24, 2.45) is 0 Å². The van der Waals surface area contributed by atoms with E-state index in [9.17, 15) is 15.0 Å². The van der Waals surface area contributed by atoms with E-state index in [1.54, 1.807) is 19.3 Å². The normalized spacial score (nSPS) is 28.8. The first-order chi connectivity index (χ1) is 10.3. The topological polar surface area (TPSA) is 96.6 Å². The highest BCUT2D eigenvalue weighted by molar-refractivity contribution is 8.01. The first-order valence-electron chi connectivity index (χ1n) is 7.16. The molecule has 0 bridgehead atoms. The average molecular weight is 329 g/mol.